The zero-order valence-electron chi connectivity index (χ0n) is 20.0. The minimum Gasteiger partial charge on any atom is -0.383 e. The van der Waals surface area contributed by atoms with Gasteiger partial charge in [-0.1, -0.05) is 45.9 Å². The number of anilines is 2. The van der Waals surface area contributed by atoms with Crippen LogP contribution in [0.15, 0.2) is 14.7 Å². The number of nitrogen functional groups attached to an aromatic ring is 1. The maximum absolute atomic E-state index is 13.3. The standard InChI is InChI=1S/C22H36N6O3S/c1-7-9-11-26(18-19(23)27(10-8-2)21(31)25-20(18)30)17(29)13-32-22-24-15(5)16(6)28(22)12-14(3)4/h14H,7-13,23H2,1-6H3,(H,25,30,31). The largest absolute Gasteiger partial charge is 0.383 e. The molecule has 2 heterocycles. The number of nitrogens with zero attached hydrogens (tertiary/aromatic N) is 4. The predicted octanol–water partition coefficient (Wildman–Crippen LogP) is 2.92. The van der Waals surface area contributed by atoms with Crippen LogP contribution in [0.3, 0.4) is 0 Å². The minimum absolute atomic E-state index is 0.0306. The van der Waals surface area contributed by atoms with Crippen LogP contribution in [0.5, 0.6) is 0 Å². The number of amides is 1. The van der Waals surface area contributed by atoms with Crippen LogP contribution >= 0.6 is 11.8 Å². The van der Waals surface area contributed by atoms with E-state index in [1.807, 2.05) is 27.7 Å². The monoisotopic (exact) mass is 464 g/mol. The number of H-pyrrole nitrogens is 1. The van der Waals surface area contributed by atoms with Crippen LogP contribution in [-0.4, -0.2) is 37.3 Å². The Morgan fingerprint density at radius 3 is 2.47 bits per heavy atom. The highest BCUT2D eigenvalue weighted by molar-refractivity contribution is 7.99. The van der Waals surface area contributed by atoms with Crippen molar-refractivity contribution < 1.29 is 4.79 Å². The van der Waals surface area contributed by atoms with Gasteiger partial charge < -0.3 is 15.2 Å². The third-order valence-electron chi connectivity index (χ3n) is 5.26. The molecule has 2 aromatic rings. The second-order valence-electron chi connectivity index (χ2n) is 8.40. The van der Waals surface area contributed by atoms with Crippen molar-refractivity contribution in [3.63, 3.8) is 0 Å². The van der Waals surface area contributed by atoms with Gasteiger partial charge in [0, 0.05) is 25.3 Å². The van der Waals surface area contributed by atoms with E-state index >= 15 is 0 Å². The number of aryl methyl sites for hydroxylation is 1. The molecular weight excluding hydrogens is 428 g/mol. The Kier molecular flexibility index (Phi) is 9.18. The second-order valence-corrected chi connectivity index (χ2v) is 9.34. The number of aromatic nitrogens is 4. The van der Waals surface area contributed by atoms with Gasteiger partial charge in [0.1, 0.15) is 5.82 Å². The number of hydrogen-bond donors (Lipinski definition) is 2. The van der Waals surface area contributed by atoms with Crippen molar-refractivity contribution in [2.45, 2.75) is 79.1 Å². The molecule has 0 aliphatic rings. The van der Waals surface area contributed by atoms with E-state index in [1.165, 1.54) is 21.2 Å². The average Bonchev–Trinajstić information content (AvgIpc) is 2.98. The van der Waals surface area contributed by atoms with Gasteiger partial charge in [-0.25, -0.2) is 9.78 Å². The number of hydrogen-bond acceptors (Lipinski definition) is 6. The Hall–Kier alpha value is -2.49. The zero-order valence-corrected chi connectivity index (χ0v) is 20.8. The first-order chi connectivity index (χ1) is 15.1. The maximum atomic E-state index is 13.3. The van der Waals surface area contributed by atoms with Crippen molar-refractivity contribution in [1.29, 1.82) is 0 Å². The van der Waals surface area contributed by atoms with Crippen LogP contribution in [0.25, 0.3) is 0 Å². The third kappa shape index (κ3) is 5.85. The smallest absolute Gasteiger partial charge is 0.330 e. The number of nitrogens with one attached hydrogen (secondary N) is 1. The third-order valence-corrected chi connectivity index (χ3v) is 6.22. The lowest BCUT2D eigenvalue weighted by molar-refractivity contribution is -0.116. The summed E-state index contributed by atoms with van der Waals surface area (Å²) in [6, 6.07) is 0. The molecule has 0 spiro atoms. The lowest BCUT2D eigenvalue weighted by Gasteiger charge is -2.24. The van der Waals surface area contributed by atoms with Gasteiger partial charge in [-0.3, -0.25) is 19.1 Å². The van der Waals surface area contributed by atoms with Crippen molar-refractivity contribution in [3.8, 4) is 0 Å². The molecule has 10 heteroatoms. The molecule has 0 atom stereocenters. The molecule has 2 rings (SSSR count). The number of imidazole rings is 1. The normalized spacial score (nSPS) is 11.3. The summed E-state index contributed by atoms with van der Waals surface area (Å²) in [5.74, 6) is 0.347. The summed E-state index contributed by atoms with van der Waals surface area (Å²) in [6.45, 7) is 13.7. The SMILES string of the molecule is CCCCN(C(=O)CSc1nc(C)c(C)n1CC(C)C)c1c(N)n(CCC)c(=O)[nH]c1=O. The van der Waals surface area contributed by atoms with Gasteiger partial charge in [0.25, 0.3) is 5.56 Å². The highest BCUT2D eigenvalue weighted by atomic mass is 32.2. The van der Waals surface area contributed by atoms with Crippen molar-refractivity contribution >= 4 is 29.2 Å². The van der Waals surface area contributed by atoms with Crippen LogP contribution in [0, 0.1) is 19.8 Å². The van der Waals surface area contributed by atoms with E-state index in [-0.39, 0.29) is 23.2 Å². The number of aromatic amines is 1. The van der Waals surface area contributed by atoms with Crippen LogP contribution in [-0.2, 0) is 17.9 Å². The van der Waals surface area contributed by atoms with Crippen LogP contribution in [0.2, 0.25) is 0 Å². The first kappa shape index (κ1) is 25.8. The average molecular weight is 465 g/mol. The lowest BCUT2D eigenvalue weighted by atomic mass is 10.2. The summed E-state index contributed by atoms with van der Waals surface area (Å²) in [5, 5.41) is 0.787. The lowest BCUT2D eigenvalue weighted by Crippen LogP contribution is -2.42. The molecule has 32 heavy (non-hydrogen) atoms. The predicted molar refractivity (Wildman–Crippen MR) is 131 cm³/mol. The molecule has 0 radical (unpaired) electrons. The number of carbonyl (C=O) groups excluding carboxylic acids is 1. The Balaban J connectivity index is 2.37. The highest BCUT2D eigenvalue weighted by Gasteiger charge is 2.25. The Labute approximate surface area is 193 Å². The summed E-state index contributed by atoms with van der Waals surface area (Å²) in [6.07, 6.45) is 2.23. The molecule has 3 N–H and O–H groups in total. The molecule has 178 valence electrons. The maximum Gasteiger partial charge on any atom is 0.330 e. The van der Waals surface area contributed by atoms with Gasteiger partial charge in [-0.2, -0.15) is 0 Å². The van der Waals surface area contributed by atoms with Gasteiger partial charge in [0.05, 0.1) is 11.4 Å². The van der Waals surface area contributed by atoms with E-state index in [0.717, 1.165) is 29.5 Å². The molecule has 0 saturated heterocycles. The Bertz CT molecular complexity index is 1050. The zero-order chi connectivity index (χ0) is 24.0. The fraction of sp³-hybridized carbons (Fsp3) is 0.636. The van der Waals surface area contributed by atoms with Crippen molar-refractivity contribution in [2.24, 2.45) is 5.92 Å². The fourth-order valence-corrected chi connectivity index (χ4v) is 4.46. The first-order valence-corrected chi connectivity index (χ1v) is 12.2. The van der Waals surface area contributed by atoms with E-state index in [0.29, 0.717) is 31.8 Å². The summed E-state index contributed by atoms with van der Waals surface area (Å²) in [4.78, 5) is 46.5. The number of thioether (sulfide) groups is 1. The number of rotatable bonds is 11. The van der Waals surface area contributed by atoms with Gasteiger partial charge >= 0.3 is 5.69 Å². The number of unbranched alkanes of at least 4 members (excludes halogenated alkanes) is 1. The van der Waals surface area contributed by atoms with E-state index in [4.69, 9.17) is 5.73 Å². The number of carbonyl (C=O) groups is 1. The molecule has 0 bridgehead atoms. The van der Waals surface area contributed by atoms with Crippen molar-refractivity contribution in [2.75, 3.05) is 22.9 Å². The molecule has 9 nitrogen and oxygen atoms in total. The fourth-order valence-electron chi connectivity index (χ4n) is 3.48. The Morgan fingerprint density at radius 2 is 1.88 bits per heavy atom. The van der Waals surface area contributed by atoms with Crippen LogP contribution < -0.4 is 21.9 Å². The minimum atomic E-state index is -0.637. The summed E-state index contributed by atoms with van der Waals surface area (Å²) >= 11 is 1.36. The molecule has 0 saturated carbocycles. The summed E-state index contributed by atoms with van der Waals surface area (Å²) < 4.78 is 3.45. The molecule has 0 aliphatic heterocycles. The molecule has 0 unspecified atom stereocenters. The Morgan fingerprint density at radius 1 is 1.19 bits per heavy atom. The van der Waals surface area contributed by atoms with Crippen LogP contribution in [0.1, 0.15) is 58.3 Å². The van der Waals surface area contributed by atoms with Gasteiger partial charge in [-0.15, -0.1) is 0 Å². The topological polar surface area (TPSA) is 119 Å². The van der Waals surface area contributed by atoms with Gasteiger partial charge in [-0.05, 0) is 32.6 Å². The quantitative estimate of drug-likeness (QED) is 0.494. The summed E-state index contributed by atoms with van der Waals surface area (Å²) in [5.41, 5.74) is 7.10. The molecule has 0 aromatic carbocycles. The highest BCUT2D eigenvalue weighted by Crippen LogP contribution is 2.25. The molecule has 0 fully saturated rings. The van der Waals surface area contributed by atoms with E-state index in [1.54, 1.807) is 0 Å². The molecular formula is C22H36N6O3S. The van der Waals surface area contributed by atoms with E-state index in [9.17, 15) is 14.4 Å². The van der Waals surface area contributed by atoms with Crippen molar-refractivity contribution in [1.82, 2.24) is 19.1 Å². The molecule has 1 amide bonds. The van der Waals surface area contributed by atoms with Crippen molar-refractivity contribution in [3.05, 3.63) is 32.2 Å². The second kappa shape index (κ2) is 11.4. The molecule has 0 aliphatic carbocycles. The van der Waals surface area contributed by atoms with Gasteiger partial charge in [0.15, 0.2) is 10.8 Å². The molecule has 2 aromatic heterocycles. The number of nitrogens with two attached hydrogens (primary N) is 1. The van der Waals surface area contributed by atoms with Gasteiger partial charge in [0.2, 0.25) is 5.91 Å². The first-order valence-electron chi connectivity index (χ1n) is 11.2. The summed E-state index contributed by atoms with van der Waals surface area (Å²) in [7, 11) is 0. The van der Waals surface area contributed by atoms with E-state index < -0.39 is 11.2 Å². The van der Waals surface area contributed by atoms with E-state index in [2.05, 4.69) is 28.4 Å². The van der Waals surface area contributed by atoms with Crippen LogP contribution in [0.4, 0.5) is 11.5 Å².